The van der Waals surface area contributed by atoms with Gasteiger partial charge in [0, 0.05) is 9.75 Å². The first-order chi connectivity index (χ1) is 11.6. The second-order valence-electron chi connectivity index (χ2n) is 9.70. The molecule has 0 radical (unpaired) electrons. The van der Waals surface area contributed by atoms with Crippen molar-refractivity contribution in [2.75, 3.05) is 33.7 Å². The molecule has 1 heterocycles. The van der Waals surface area contributed by atoms with E-state index in [2.05, 4.69) is 52.9 Å². The molecule has 26 heavy (non-hydrogen) atoms. The van der Waals surface area contributed by atoms with Crippen LogP contribution in [0.4, 0.5) is 0 Å². The van der Waals surface area contributed by atoms with Gasteiger partial charge in [-0.2, -0.15) is 0 Å². The Morgan fingerprint density at radius 2 is 1.69 bits per heavy atom. The van der Waals surface area contributed by atoms with Gasteiger partial charge in [-0.1, -0.05) is 41.5 Å². The highest BCUT2D eigenvalue weighted by Crippen LogP contribution is 2.39. The molecule has 0 saturated carbocycles. The quantitative estimate of drug-likeness (QED) is 0.711. The summed E-state index contributed by atoms with van der Waals surface area (Å²) < 4.78 is 0.343. The highest BCUT2D eigenvalue weighted by atomic mass is 32.1. The summed E-state index contributed by atoms with van der Waals surface area (Å²) in [4.78, 5) is 25.9. The van der Waals surface area contributed by atoms with Crippen LogP contribution < -0.4 is 5.32 Å². The van der Waals surface area contributed by atoms with E-state index >= 15 is 0 Å². The number of hydrogen-bond donors (Lipinski definition) is 2. The number of quaternary nitrogens is 1. The molecule has 0 bridgehead atoms. The first-order valence-corrected chi connectivity index (χ1v) is 9.88. The number of rotatable bonds is 7. The Kier molecular flexibility index (Phi) is 7.04. The van der Waals surface area contributed by atoms with E-state index in [1.54, 1.807) is 11.3 Å². The molecular weight excluding hydrogens is 348 g/mol. The van der Waals surface area contributed by atoms with Crippen molar-refractivity contribution in [1.82, 2.24) is 5.32 Å². The predicted molar refractivity (Wildman–Crippen MR) is 108 cm³/mol. The third-order valence-corrected chi connectivity index (χ3v) is 6.21. The van der Waals surface area contributed by atoms with Gasteiger partial charge in [-0.3, -0.25) is 4.79 Å². The van der Waals surface area contributed by atoms with Crippen molar-refractivity contribution >= 4 is 23.2 Å². The molecule has 5 nitrogen and oxygen atoms in total. The molecule has 0 saturated heterocycles. The van der Waals surface area contributed by atoms with Crippen LogP contribution in [0.1, 0.15) is 56.9 Å². The van der Waals surface area contributed by atoms with Crippen LogP contribution in [0.15, 0.2) is 6.07 Å². The summed E-state index contributed by atoms with van der Waals surface area (Å²) in [5.74, 6) is -0.840. The van der Waals surface area contributed by atoms with E-state index in [0.29, 0.717) is 24.0 Å². The lowest BCUT2D eigenvalue weighted by molar-refractivity contribution is -0.881. The first-order valence-electron chi connectivity index (χ1n) is 9.06. The Morgan fingerprint density at radius 1 is 1.12 bits per heavy atom. The zero-order valence-corrected chi connectivity index (χ0v) is 18.3. The zero-order chi connectivity index (χ0) is 20.3. The molecule has 0 atom stereocenters. The van der Waals surface area contributed by atoms with Crippen LogP contribution in [-0.4, -0.2) is 55.2 Å². The van der Waals surface area contributed by atoms with Crippen molar-refractivity contribution < 1.29 is 19.2 Å². The third-order valence-electron chi connectivity index (χ3n) is 4.18. The molecular formula is C20H35N2O3S+. The number of amides is 1. The SMILES string of the molecule is CC(C)(C)c1cc(CC(=O)NCC[N+](C)(C)CC(=O)O)c(C(C)(C)C)s1. The molecule has 0 aromatic carbocycles. The minimum atomic E-state index is -0.830. The maximum absolute atomic E-state index is 12.4. The second kappa shape index (κ2) is 8.09. The van der Waals surface area contributed by atoms with Crippen LogP contribution in [-0.2, 0) is 26.8 Å². The average Bonchev–Trinajstić information content (AvgIpc) is 2.80. The van der Waals surface area contributed by atoms with Crippen LogP contribution in [0.5, 0.6) is 0 Å². The van der Waals surface area contributed by atoms with Crippen LogP contribution in [0.3, 0.4) is 0 Å². The molecule has 6 heteroatoms. The van der Waals surface area contributed by atoms with Crippen molar-refractivity contribution in [3.05, 3.63) is 21.4 Å². The summed E-state index contributed by atoms with van der Waals surface area (Å²) in [6, 6.07) is 2.18. The highest BCUT2D eigenvalue weighted by molar-refractivity contribution is 7.12. The largest absolute Gasteiger partial charge is 0.477 e. The smallest absolute Gasteiger partial charge is 0.359 e. The molecule has 1 amide bonds. The molecule has 148 valence electrons. The Balaban J connectivity index is 2.77. The van der Waals surface area contributed by atoms with E-state index in [9.17, 15) is 9.59 Å². The molecule has 0 aliphatic rings. The minimum Gasteiger partial charge on any atom is -0.477 e. The predicted octanol–water partition coefficient (Wildman–Crippen LogP) is 3.16. The number of carbonyl (C=O) groups excluding carboxylic acids is 1. The van der Waals surface area contributed by atoms with Crippen molar-refractivity contribution in [3.8, 4) is 0 Å². The van der Waals surface area contributed by atoms with E-state index < -0.39 is 5.97 Å². The maximum atomic E-state index is 12.4. The normalized spacial score (nSPS) is 12.9. The van der Waals surface area contributed by atoms with Crippen molar-refractivity contribution in [3.63, 3.8) is 0 Å². The van der Waals surface area contributed by atoms with Gasteiger partial charge in [0.25, 0.3) is 0 Å². The van der Waals surface area contributed by atoms with Crippen molar-refractivity contribution in [2.45, 2.75) is 58.8 Å². The molecule has 0 spiro atoms. The summed E-state index contributed by atoms with van der Waals surface area (Å²) in [5, 5.41) is 11.9. The summed E-state index contributed by atoms with van der Waals surface area (Å²) in [7, 11) is 3.71. The van der Waals surface area contributed by atoms with E-state index in [-0.39, 0.29) is 23.3 Å². The Labute approximate surface area is 162 Å². The molecule has 0 aliphatic heterocycles. The number of thiophene rings is 1. The Hall–Kier alpha value is -1.40. The summed E-state index contributed by atoms with van der Waals surface area (Å²) in [6.07, 6.45) is 0.367. The number of hydrogen-bond acceptors (Lipinski definition) is 3. The Morgan fingerprint density at radius 3 is 2.15 bits per heavy atom. The highest BCUT2D eigenvalue weighted by Gasteiger charge is 2.27. The minimum absolute atomic E-state index is 0.00411. The van der Waals surface area contributed by atoms with E-state index in [1.165, 1.54) is 9.75 Å². The fourth-order valence-corrected chi connectivity index (χ4v) is 4.04. The topological polar surface area (TPSA) is 66.4 Å². The van der Waals surface area contributed by atoms with Gasteiger partial charge in [-0.25, -0.2) is 4.79 Å². The fraction of sp³-hybridized carbons (Fsp3) is 0.700. The van der Waals surface area contributed by atoms with Gasteiger partial charge in [-0.05, 0) is 22.5 Å². The summed E-state index contributed by atoms with van der Waals surface area (Å²) in [5.41, 5.74) is 1.17. The Bertz CT molecular complexity index is 649. The number of carbonyl (C=O) groups is 2. The number of carboxylic acid groups (broad SMARTS) is 1. The average molecular weight is 384 g/mol. The monoisotopic (exact) mass is 383 g/mol. The van der Waals surface area contributed by atoms with Crippen LogP contribution in [0.2, 0.25) is 0 Å². The molecule has 1 aromatic heterocycles. The zero-order valence-electron chi connectivity index (χ0n) is 17.5. The van der Waals surface area contributed by atoms with E-state index in [0.717, 1.165) is 5.56 Å². The van der Waals surface area contributed by atoms with Gasteiger partial charge in [0.15, 0.2) is 6.54 Å². The molecule has 1 rings (SSSR count). The first kappa shape index (κ1) is 22.6. The fourth-order valence-electron chi connectivity index (χ4n) is 2.74. The standard InChI is InChI=1S/C20H34N2O3S/c1-19(2,3)15-11-14(18(26-15)20(4,5)6)12-16(23)21-9-10-22(7,8)13-17(24)25/h11H,9-10,12-13H2,1-8H3,(H-,21,23,24,25)/p+1. The van der Waals surface area contributed by atoms with E-state index in [1.807, 2.05) is 14.1 Å². The van der Waals surface area contributed by atoms with Crippen molar-refractivity contribution in [1.29, 1.82) is 0 Å². The lowest BCUT2D eigenvalue weighted by Crippen LogP contribution is -2.48. The van der Waals surface area contributed by atoms with Gasteiger partial charge in [0.05, 0.1) is 33.6 Å². The van der Waals surface area contributed by atoms with Gasteiger partial charge >= 0.3 is 5.97 Å². The third kappa shape index (κ3) is 7.08. The van der Waals surface area contributed by atoms with Crippen molar-refractivity contribution in [2.24, 2.45) is 0 Å². The summed E-state index contributed by atoms with van der Waals surface area (Å²) >= 11 is 1.80. The van der Waals surface area contributed by atoms with Gasteiger partial charge in [0.1, 0.15) is 0 Å². The number of nitrogens with one attached hydrogen (secondary N) is 1. The molecule has 0 unspecified atom stereocenters. The number of carboxylic acids is 1. The maximum Gasteiger partial charge on any atom is 0.359 e. The van der Waals surface area contributed by atoms with Crippen LogP contribution in [0.25, 0.3) is 0 Å². The number of nitrogens with zero attached hydrogens (tertiary/aromatic N) is 1. The van der Waals surface area contributed by atoms with Gasteiger partial charge < -0.3 is 14.9 Å². The molecule has 2 N–H and O–H groups in total. The second-order valence-corrected chi connectivity index (χ2v) is 10.8. The van der Waals surface area contributed by atoms with E-state index in [4.69, 9.17) is 5.11 Å². The molecule has 0 aliphatic carbocycles. The molecule has 0 fully saturated rings. The molecule has 1 aromatic rings. The van der Waals surface area contributed by atoms with Gasteiger partial charge in [0.2, 0.25) is 5.91 Å². The summed E-state index contributed by atoms with van der Waals surface area (Å²) in [6.45, 7) is 14.2. The lowest BCUT2D eigenvalue weighted by atomic mass is 9.89. The number of aliphatic carboxylic acids is 1. The lowest BCUT2D eigenvalue weighted by Gasteiger charge is -2.27. The van der Waals surface area contributed by atoms with Crippen LogP contribution >= 0.6 is 11.3 Å². The number of likely N-dealkylation sites (N-methyl/N-ethyl adjacent to an activating group) is 1. The van der Waals surface area contributed by atoms with Gasteiger partial charge in [-0.15, -0.1) is 11.3 Å². The van der Waals surface area contributed by atoms with Crippen LogP contribution in [0, 0.1) is 0 Å².